The summed E-state index contributed by atoms with van der Waals surface area (Å²) >= 11 is 3.17. The van der Waals surface area contributed by atoms with Gasteiger partial charge in [0.05, 0.1) is 5.69 Å². The zero-order valence-electron chi connectivity index (χ0n) is 10.9. The van der Waals surface area contributed by atoms with E-state index in [1.807, 2.05) is 0 Å². The molecule has 0 spiro atoms. The van der Waals surface area contributed by atoms with Crippen LogP contribution in [0.2, 0.25) is 0 Å². The van der Waals surface area contributed by atoms with Gasteiger partial charge in [0.1, 0.15) is 10.7 Å². The van der Waals surface area contributed by atoms with Crippen molar-refractivity contribution >= 4 is 37.5 Å². The lowest BCUT2D eigenvalue weighted by Crippen LogP contribution is -2.28. The minimum absolute atomic E-state index is 0.0205. The molecular formula is C12H12BrFN4O2S. The molecule has 9 heteroatoms. The first-order chi connectivity index (χ1) is 9.86. The highest BCUT2D eigenvalue weighted by Gasteiger charge is 2.25. The van der Waals surface area contributed by atoms with Gasteiger partial charge in [-0.05, 0) is 46.3 Å². The van der Waals surface area contributed by atoms with Crippen molar-refractivity contribution in [3.63, 3.8) is 0 Å². The highest BCUT2D eigenvalue weighted by Crippen LogP contribution is 2.28. The van der Waals surface area contributed by atoms with Crippen LogP contribution in [-0.4, -0.2) is 20.4 Å². The van der Waals surface area contributed by atoms with Crippen LogP contribution in [0.3, 0.4) is 0 Å². The summed E-state index contributed by atoms with van der Waals surface area (Å²) in [6.45, 7) is 0. The standard InChI is InChI=1S/C12H12BrFN4O2S/c1-18(10-4-2-9(14)3-5-10)21(19,20)11-6-8(13)7-16-12(11)17-15/h2-7H,15H2,1H3,(H,16,17). The predicted octanol–water partition coefficient (Wildman–Crippen LogP) is 2.09. The third-order valence-corrected chi connectivity index (χ3v) is 5.02. The van der Waals surface area contributed by atoms with E-state index < -0.39 is 15.8 Å². The number of nitrogen functional groups attached to an aromatic ring is 1. The SMILES string of the molecule is CN(c1ccc(F)cc1)S(=O)(=O)c1cc(Br)cnc1NN. The number of hydrogen-bond donors (Lipinski definition) is 2. The summed E-state index contributed by atoms with van der Waals surface area (Å²) in [6, 6.07) is 6.49. The predicted molar refractivity (Wildman–Crippen MR) is 81.7 cm³/mol. The Hall–Kier alpha value is -1.71. The van der Waals surface area contributed by atoms with Crippen molar-refractivity contribution in [1.29, 1.82) is 0 Å². The number of nitrogens with two attached hydrogens (primary N) is 1. The van der Waals surface area contributed by atoms with Gasteiger partial charge in [0.25, 0.3) is 10.0 Å². The first kappa shape index (κ1) is 15.7. The molecule has 2 aromatic rings. The van der Waals surface area contributed by atoms with Crippen molar-refractivity contribution in [3.8, 4) is 0 Å². The van der Waals surface area contributed by atoms with Crippen molar-refractivity contribution < 1.29 is 12.8 Å². The molecule has 0 saturated heterocycles. The Kier molecular flexibility index (Phi) is 4.45. The number of rotatable bonds is 4. The van der Waals surface area contributed by atoms with Gasteiger partial charge >= 0.3 is 0 Å². The quantitative estimate of drug-likeness (QED) is 0.631. The Morgan fingerprint density at radius 1 is 1.33 bits per heavy atom. The van der Waals surface area contributed by atoms with E-state index in [9.17, 15) is 12.8 Å². The minimum Gasteiger partial charge on any atom is -0.307 e. The number of halogens is 2. The van der Waals surface area contributed by atoms with Gasteiger partial charge in [0.2, 0.25) is 0 Å². The van der Waals surface area contributed by atoms with Crippen LogP contribution >= 0.6 is 15.9 Å². The number of benzene rings is 1. The monoisotopic (exact) mass is 374 g/mol. The Morgan fingerprint density at radius 3 is 2.52 bits per heavy atom. The molecule has 1 aromatic heterocycles. The second-order valence-corrected chi connectivity index (χ2v) is 6.95. The number of hydrazine groups is 1. The van der Waals surface area contributed by atoms with Crippen LogP contribution in [0.25, 0.3) is 0 Å². The number of nitrogens with one attached hydrogen (secondary N) is 1. The Bertz CT molecular complexity index is 752. The van der Waals surface area contributed by atoms with Crippen molar-refractivity contribution in [3.05, 3.63) is 46.8 Å². The third kappa shape index (κ3) is 3.14. The maximum Gasteiger partial charge on any atom is 0.267 e. The molecule has 0 unspecified atom stereocenters. The van der Waals surface area contributed by atoms with Gasteiger partial charge in [0.15, 0.2) is 5.82 Å². The summed E-state index contributed by atoms with van der Waals surface area (Å²) in [6.07, 6.45) is 1.42. The van der Waals surface area contributed by atoms with E-state index in [2.05, 4.69) is 26.3 Å². The molecule has 112 valence electrons. The highest BCUT2D eigenvalue weighted by atomic mass is 79.9. The summed E-state index contributed by atoms with van der Waals surface area (Å²) < 4.78 is 39.7. The molecular weight excluding hydrogens is 363 g/mol. The lowest BCUT2D eigenvalue weighted by atomic mass is 10.3. The van der Waals surface area contributed by atoms with Crippen LogP contribution in [0.5, 0.6) is 0 Å². The number of nitrogens with zero attached hydrogens (tertiary/aromatic N) is 2. The molecule has 1 heterocycles. The largest absolute Gasteiger partial charge is 0.307 e. The molecule has 6 nitrogen and oxygen atoms in total. The number of anilines is 2. The van der Waals surface area contributed by atoms with E-state index in [0.717, 1.165) is 4.31 Å². The van der Waals surface area contributed by atoms with Crippen LogP contribution in [0.15, 0.2) is 45.9 Å². The molecule has 0 amide bonds. The van der Waals surface area contributed by atoms with Gasteiger partial charge in [-0.2, -0.15) is 0 Å². The van der Waals surface area contributed by atoms with Gasteiger partial charge in [0, 0.05) is 17.7 Å². The molecule has 0 radical (unpaired) electrons. The summed E-state index contributed by atoms with van der Waals surface area (Å²) in [5, 5.41) is 0. The summed E-state index contributed by atoms with van der Waals surface area (Å²) in [5.41, 5.74) is 2.57. The van der Waals surface area contributed by atoms with Crippen molar-refractivity contribution in [2.24, 2.45) is 5.84 Å². The fourth-order valence-electron chi connectivity index (χ4n) is 1.66. The Balaban J connectivity index is 2.51. The van der Waals surface area contributed by atoms with E-state index in [1.54, 1.807) is 0 Å². The zero-order valence-corrected chi connectivity index (χ0v) is 13.3. The Morgan fingerprint density at radius 2 is 1.95 bits per heavy atom. The van der Waals surface area contributed by atoms with Crippen molar-refractivity contribution in [1.82, 2.24) is 4.98 Å². The van der Waals surface area contributed by atoms with Gasteiger partial charge in [-0.25, -0.2) is 23.6 Å². The van der Waals surface area contributed by atoms with E-state index in [4.69, 9.17) is 5.84 Å². The van der Waals surface area contributed by atoms with E-state index in [1.165, 1.54) is 43.6 Å². The molecule has 0 saturated carbocycles. The fraction of sp³-hybridized carbons (Fsp3) is 0.0833. The zero-order chi connectivity index (χ0) is 15.6. The fourth-order valence-corrected chi connectivity index (χ4v) is 3.47. The number of hydrogen-bond acceptors (Lipinski definition) is 5. The molecule has 21 heavy (non-hydrogen) atoms. The van der Waals surface area contributed by atoms with Gasteiger partial charge in [-0.3, -0.25) is 4.31 Å². The maximum absolute atomic E-state index is 12.9. The second-order valence-electron chi connectivity index (χ2n) is 4.09. The number of aromatic nitrogens is 1. The summed E-state index contributed by atoms with van der Waals surface area (Å²) in [7, 11) is -2.53. The van der Waals surface area contributed by atoms with Gasteiger partial charge in [-0.1, -0.05) is 0 Å². The molecule has 0 fully saturated rings. The summed E-state index contributed by atoms with van der Waals surface area (Å²) in [5.74, 6) is 4.87. The average Bonchev–Trinajstić information content (AvgIpc) is 2.47. The van der Waals surface area contributed by atoms with Gasteiger partial charge < -0.3 is 5.43 Å². The highest BCUT2D eigenvalue weighted by molar-refractivity contribution is 9.10. The topological polar surface area (TPSA) is 88.3 Å². The maximum atomic E-state index is 12.9. The van der Waals surface area contributed by atoms with Crippen LogP contribution in [0, 0.1) is 5.82 Å². The van der Waals surface area contributed by atoms with Crippen LogP contribution in [-0.2, 0) is 10.0 Å². The smallest absolute Gasteiger partial charge is 0.267 e. The second kappa shape index (κ2) is 5.96. The lowest BCUT2D eigenvalue weighted by molar-refractivity contribution is 0.594. The molecule has 0 atom stereocenters. The van der Waals surface area contributed by atoms with Gasteiger partial charge in [-0.15, -0.1) is 0 Å². The van der Waals surface area contributed by atoms with Crippen LogP contribution < -0.4 is 15.6 Å². The third-order valence-electron chi connectivity index (χ3n) is 2.78. The molecule has 3 N–H and O–H groups in total. The first-order valence-corrected chi connectivity index (χ1v) is 7.96. The lowest BCUT2D eigenvalue weighted by Gasteiger charge is -2.20. The van der Waals surface area contributed by atoms with Crippen LogP contribution in [0.4, 0.5) is 15.9 Å². The van der Waals surface area contributed by atoms with E-state index >= 15 is 0 Å². The van der Waals surface area contributed by atoms with E-state index in [-0.39, 0.29) is 10.7 Å². The molecule has 2 rings (SSSR count). The van der Waals surface area contributed by atoms with Crippen molar-refractivity contribution in [2.75, 3.05) is 16.8 Å². The molecule has 1 aromatic carbocycles. The molecule has 0 aliphatic rings. The molecule has 0 aliphatic heterocycles. The summed E-state index contributed by atoms with van der Waals surface area (Å²) in [4.78, 5) is 3.81. The molecule has 0 bridgehead atoms. The minimum atomic E-state index is -3.89. The number of pyridine rings is 1. The molecule has 0 aliphatic carbocycles. The number of sulfonamides is 1. The van der Waals surface area contributed by atoms with E-state index in [0.29, 0.717) is 10.2 Å². The first-order valence-electron chi connectivity index (χ1n) is 5.73. The Labute approximate surface area is 129 Å². The average molecular weight is 375 g/mol. The normalized spacial score (nSPS) is 11.2. The van der Waals surface area contributed by atoms with Crippen molar-refractivity contribution in [2.45, 2.75) is 4.90 Å². The van der Waals surface area contributed by atoms with Crippen LogP contribution in [0.1, 0.15) is 0 Å².